The molecule has 1 aliphatic heterocycles. The van der Waals surface area contributed by atoms with E-state index < -0.39 is 21.9 Å². The van der Waals surface area contributed by atoms with E-state index in [0.717, 1.165) is 18.2 Å². The molecule has 0 radical (unpaired) electrons. The van der Waals surface area contributed by atoms with E-state index in [1.54, 1.807) is 23.0 Å². The van der Waals surface area contributed by atoms with E-state index in [1.807, 2.05) is 6.92 Å². The second kappa shape index (κ2) is 7.46. The topological polar surface area (TPSA) is 108 Å². The zero-order valence-corrected chi connectivity index (χ0v) is 15.4. The number of amides is 1. The predicted octanol–water partition coefficient (Wildman–Crippen LogP) is 1.39. The minimum absolute atomic E-state index is 0.313. The first-order valence-electron chi connectivity index (χ1n) is 8.42. The van der Waals surface area contributed by atoms with Crippen molar-refractivity contribution in [2.75, 3.05) is 11.4 Å². The van der Waals surface area contributed by atoms with Gasteiger partial charge in [-0.2, -0.15) is 15.1 Å². The van der Waals surface area contributed by atoms with Gasteiger partial charge in [-0.25, -0.2) is 17.5 Å². The number of benzene rings is 1. The number of piperidine rings is 1. The Morgan fingerprint density at radius 3 is 2.89 bits per heavy atom. The molecule has 0 spiro atoms. The summed E-state index contributed by atoms with van der Waals surface area (Å²) in [5.74, 6) is -0.496. The van der Waals surface area contributed by atoms with Crippen LogP contribution in [-0.2, 0) is 21.4 Å². The number of nitriles is 1. The van der Waals surface area contributed by atoms with E-state index in [4.69, 9.17) is 5.26 Å². The average Bonchev–Trinajstić information content (AvgIpc) is 3.11. The molecule has 0 unspecified atom stereocenters. The van der Waals surface area contributed by atoms with Gasteiger partial charge in [0.25, 0.3) is 0 Å². The second-order valence-electron chi connectivity index (χ2n) is 6.06. The molecule has 0 bridgehead atoms. The molecule has 2 aromatic rings. The molecule has 1 aromatic heterocycles. The van der Waals surface area contributed by atoms with Crippen LogP contribution in [0.1, 0.15) is 25.3 Å². The van der Waals surface area contributed by atoms with Gasteiger partial charge in [0.05, 0.1) is 16.7 Å². The highest BCUT2D eigenvalue weighted by atomic mass is 32.2. The minimum atomic E-state index is -4.17. The third-order valence-corrected chi connectivity index (χ3v) is 5.89. The molecule has 142 valence electrons. The lowest BCUT2D eigenvalue weighted by Crippen LogP contribution is -2.52. The Balaban J connectivity index is 1.87. The number of anilines is 1. The van der Waals surface area contributed by atoms with Crippen molar-refractivity contribution in [1.29, 1.82) is 5.26 Å². The highest BCUT2D eigenvalue weighted by Crippen LogP contribution is 2.23. The molecular formula is C17H18FN5O3S. The first kappa shape index (κ1) is 19.0. The molecule has 1 saturated heterocycles. The molecule has 1 aromatic carbocycles. The van der Waals surface area contributed by atoms with Gasteiger partial charge in [-0.15, -0.1) is 0 Å². The van der Waals surface area contributed by atoms with Gasteiger partial charge in [0.1, 0.15) is 23.7 Å². The molecule has 1 atom stereocenters. The molecule has 27 heavy (non-hydrogen) atoms. The summed E-state index contributed by atoms with van der Waals surface area (Å²) in [7, 11) is -4.17. The monoisotopic (exact) mass is 391 g/mol. The van der Waals surface area contributed by atoms with Crippen LogP contribution < -0.4 is 9.62 Å². The maximum absolute atomic E-state index is 13.3. The first-order chi connectivity index (χ1) is 12.9. The number of halogens is 1. The number of aryl methyl sites for hydroxylation is 1. The van der Waals surface area contributed by atoms with Gasteiger partial charge >= 0.3 is 0 Å². The number of nitrogens with zero attached hydrogens (tertiary/aromatic N) is 4. The van der Waals surface area contributed by atoms with Gasteiger partial charge in [-0.3, -0.25) is 9.69 Å². The van der Waals surface area contributed by atoms with E-state index in [9.17, 15) is 17.6 Å². The Morgan fingerprint density at radius 1 is 1.41 bits per heavy atom. The van der Waals surface area contributed by atoms with Crippen molar-refractivity contribution in [3.05, 3.63) is 41.8 Å². The first-order valence-corrected chi connectivity index (χ1v) is 9.91. The van der Waals surface area contributed by atoms with Crippen LogP contribution in [0.3, 0.4) is 0 Å². The fourth-order valence-corrected chi connectivity index (χ4v) is 4.45. The maximum Gasteiger partial charge on any atom is 0.246 e. The summed E-state index contributed by atoms with van der Waals surface area (Å²) in [4.78, 5) is 14.0. The average molecular weight is 391 g/mol. The zero-order chi connectivity index (χ0) is 19.6. The van der Waals surface area contributed by atoms with Crippen molar-refractivity contribution >= 4 is 21.7 Å². The van der Waals surface area contributed by atoms with Crippen LogP contribution in [0.2, 0.25) is 0 Å². The summed E-state index contributed by atoms with van der Waals surface area (Å²) in [6.07, 6.45) is 2.51. The number of aromatic nitrogens is 2. The third kappa shape index (κ3) is 3.70. The number of rotatable bonds is 5. The molecule has 1 aliphatic rings. The lowest BCUT2D eigenvalue weighted by atomic mass is 10.1. The number of carbonyl (C=O) groups is 1. The molecule has 2 heterocycles. The summed E-state index contributed by atoms with van der Waals surface area (Å²) in [5.41, 5.74) is -0.313. The van der Waals surface area contributed by atoms with Crippen molar-refractivity contribution < 1.29 is 17.6 Å². The van der Waals surface area contributed by atoms with Crippen LogP contribution in [0.25, 0.3) is 0 Å². The number of sulfonamides is 1. The van der Waals surface area contributed by atoms with E-state index in [2.05, 4.69) is 9.82 Å². The van der Waals surface area contributed by atoms with Crippen LogP contribution in [0.4, 0.5) is 10.2 Å². The fourth-order valence-electron chi connectivity index (χ4n) is 3.09. The minimum Gasteiger partial charge on any atom is -0.296 e. The number of hydrogen-bond donors (Lipinski definition) is 1. The van der Waals surface area contributed by atoms with Gasteiger partial charge in [0.2, 0.25) is 15.9 Å². The summed E-state index contributed by atoms with van der Waals surface area (Å²) in [6, 6.07) is 5.23. The van der Waals surface area contributed by atoms with Gasteiger partial charge in [-0.1, -0.05) is 0 Å². The summed E-state index contributed by atoms with van der Waals surface area (Å²) >= 11 is 0. The zero-order valence-electron chi connectivity index (χ0n) is 14.6. The highest BCUT2D eigenvalue weighted by Gasteiger charge is 2.35. The van der Waals surface area contributed by atoms with Gasteiger partial charge < -0.3 is 0 Å². The Kier molecular flexibility index (Phi) is 5.25. The van der Waals surface area contributed by atoms with Gasteiger partial charge in [0.15, 0.2) is 0 Å². The number of hydrogen-bond acceptors (Lipinski definition) is 5. The van der Waals surface area contributed by atoms with Gasteiger partial charge in [-0.05, 0) is 38.0 Å². The molecule has 8 nitrogen and oxygen atoms in total. The molecule has 3 rings (SSSR count). The molecular weight excluding hydrogens is 373 g/mol. The molecule has 10 heteroatoms. The van der Waals surface area contributed by atoms with Crippen LogP contribution in [0, 0.1) is 17.1 Å². The van der Waals surface area contributed by atoms with E-state index in [0.29, 0.717) is 31.7 Å². The summed E-state index contributed by atoms with van der Waals surface area (Å²) in [6.45, 7) is 2.93. The SMILES string of the molecule is CCn1nccc1N1CCC[C@H](NS(=O)(=O)c2ccc(F)cc2C#N)C1=O. The smallest absolute Gasteiger partial charge is 0.246 e. The summed E-state index contributed by atoms with van der Waals surface area (Å²) < 4.78 is 42.7. The molecule has 0 aliphatic carbocycles. The van der Waals surface area contributed by atoms with Crippen LogP contribution in [-0.4, -0.2) is 36.7 Å². The third-order valence-electron chi connectivity index (χ3n) is 4.36. The Labute approximate surface area is 156 Å². The quantitative estimate of drug-likeness (QED) is 0.829. The van der Waals surface area contributed by atoms with Crippen molar-refractivity contribution in [2.45, 2.75) is 37.2 Å². The maximum atomic E-state index is 13.3. The standard InChI is InChI=1S/C17H18FN5O3S/c1-2-23-16(7-8-20-23)22-9-3-4-14(17(22)24)21-27(25,26)15-6-5-13(18)10-12(15)11-19/h5-8,10,14,21H,2-4,9H2,1H3/t14-/m0/s1. The molecule has 1 amide bonds. The van der Waals surface area contributed by atoms with Crippen LogP contribution in [0.15, 0.2) is 35.4 Å². The van der Waals surface area contributed by atoms with Crippen molar-refractivity contribution in [3.63, 3.8) is 0 Å². The van der Waals surface area contributed by atoms with Crippen molar-refractivity contribution in [3.8, 4) is 6.07 Å². The predicted molar refractivity (Wildman–Crippen MR) is 94.7 cm³/mol. The Bertz CT molecular complexity index is 1010. The largest absolute Gasteiger partial charge is 0.296 e. The van der Waals surface area contributed by atoms with Crippen LogP contribution in [0.5, 0.6) is 0 Å². The molecule has 0 saturated carbocycles. The second-order valence-corrected chi connectivity index (χ2v) is 7.75. The molecule has 1 fully saturated rings. The van der Waals surface area contributed by atoms with Crippen molar-refractivity contribution in [1.82, 2.24) is 14.5 Å². The fraction of sp³-hybridized carbons (Fsp3) is 0.353. The van der Waals surface area contributed by atoms with Crippen LogP contribution >= 0.6 is 0 Å². The van der Waals surface area contributed by atoms with Crippen molar-refractivity contribution in [2.24, 2.45) is 0 Å². The number of carbonyl (C=O) groups excluding carboxylic acids is 1. The van der Waals surface area contributed by atoms with E-state index in [1.165, 1.54) is 4.90 Å². The lowest BCUT2D eigenvalue weighted by molar-refractivity contribution is -0.121. The normalized spacial score (nSPS) is 17.7. The van der Waals surface area contributed by atoms with E-state index in [-0.39, 0.29) is 16.4 Å². The van der Waals surface area contributed by atoms with Gasteiger partial charge in [0, 0.05) is 19.2 Å². The Hall–Kier alpha value is -2.77. The number of nitrogens with one attached hydrogen (secondary N) is 1. The Morgan fingerprint density at radius 2 is 2.19 bits per heavy atom. The lowest BCUT2D eigenvalue weighted by Gasteiger charge is -2.32. The summed E-state index contributed by atoms with van der Waals surface area (Å²) in [5, 5.41) is 13.2. The highest BCUT2D eigenvalue weighted by molar-refractivity contribution is 7.89. The van der Waals surface area contributed by atoms with E-state index >= 15 is 0 Å². The molecule has 1 N–H and O–H groups in total.